The summed E-state index contributed by atoms with van der Waals surface area (Å²) in [5.74, 6) is 3.55. The van der Waals surface area contributed by atoms with Crippen molar-refractivity contribution in [2.75, 3.05) is 7.11 Å². The molecule has 27 heavy (non-hydrogen) atoms. The van der Waals surface area contributed by atoms with E-state index in [2.05, 4.69) is 5.16 Å². The quantitative estimate of drug-likeness (QED) is 0.722. The Bertz CT molecular complexity index is 803. The van der Waals surface area contributed by atoms with Gasteiger partial charge in [0.1, 0.15) is 11.4 Å². The zero-order chi connectivity index (χ0) is 18.4. The van der Waals surface area contributed by atoms with Gasteiger partial charge in [-0.05, 0) is 80.5 Å². The molecule has 0 spiro atoms. The van der Waals surface area contributed by atoms with E-state index in [1.165, 1.54) is 19.3 Å². The normalized spacial score (nSPS) is 31.1. The lowest BCUT2D eigenvalue weighted by molar-refractivity contribution is -0.173. The Morgan fingerprint density at radius 1 is 1.11 bits per heavy atom. The van der Waals surface area contributed by atoms with Crippen molar-refractivity contribution in [3.8, 4) is 17.0 Å². The van der Waals surface area contributed by atoms with Crippen molar-refractivity contribution in [3.05, 3.63) is 36.1 Å². The van der Waals surface area contributed by atoms with Gasteiger partial charge in [-0.3, -0.25) is 4.79 Å². The minimum Gasteiger partial charge on any atom is -0.497 e. The number of aromatic nitrogens is 1. The monoisotopic (exact) mass is 367 g/mol. The third kappa shape index (κ3) is 3.03. The highest BCUT2D eigenvalue weighted by molar-refractivity contribution is 5.77. The number of methoxy groups -OCH3 is 1. The summed E-state index contributed by atoms with van der Waals surface area (Å²) in [7, 11) is 1.64. The first-order valence-corrected chi connectivity index (χ1v) is 9.91. The predicted octanol–water partition coefficient (Wildman–Crippen LogP) is 4.61. The molecule has 142 valence electrons. The van der Waals surface area contributed by atoms with Gasteiger partial charge in [0.05, 0.1) is 12.5 Å². The van der Waals surface area contributed by atoms with Crippen molar-refractivity contribution >= 4 is 5.97 Å². The summed E-state index contributed by atoms with van der Waals surface area (Å²) in [5, 5.41) is 4.11. The smallest absolute Gasteiger partial charge is 0.312 e. The van der Waals surface area contributed by atoms with Gasteiger partial charge in [0, 0.05) is 11.6 Å². The molecule has 0 unspecified atom stereocenters. The van der Waals surface area contributed by atoms with Gasteiger partial charge in [-0.15, -0.1) is 0 Å². The maximum Gasteiger partial charge on any atom is 0.312 e. The van der Waals surface area contributed by atoms with Crippen LogP contribution in [0.5, 0.6) is 5.75 Å². The van der Waals surface area contributed by atoms with E-state index < -0.39 is 0 Å². The first-order valence-electron chi connectivity index (χ1n) is 9.91. The molecule has 4 aliphatic rings. The molecule has 4 saturated carbocycles. The van der Waals surface area contributed by atoms with Crippen LogP contribution in [0, 0.1) is 23.2 Å². The number of esters is 1. The maximum atomic E-state index is 12.9. The molecular weight excluding hydrogens is 342 g/mol. The zero-order valence-electron chi connectivity index (χ0n) is 15.6. The van der Waals surface area contributed by atoms with Gasteiger partial charge in [0.25, 0.3) is 0 Å². The molecular formula is C22H25NO4. The fraction of sp³-hybridized carbons (Fsp3) is 0.545. The van der Waals surface area contributed by atoms with E-state index >= 15 is 0 Å². The van der Waals surface area contributed by atoms with Gasteiger partial charge < -0.3 is 14.0 Å². The molecule has 0 atom stereocenters. The number of hydrogen-bond acceptors (Lipinski definition) is 5. The van der Waals surface area contributed by atoms with E-state index in [-0.39, 0.29) is 18.0 Å². The van der Waals surface area contributed by atoms with E-state index in [0.29, 0.717) is 5.76 Å². The van der Waals surface area contributed by atoms with E-state index in [1.807, 2.05) is 30.3 Å². The van der Waals surface area contributed by atoms with Crippen molar-refractivity contribution in [1.29, 1.82) is 0 Å². The van der Waals surface area contributed by atoms with Crippen molar-refractivity contribution in [1.82, 2.24) is 5.16 Å². The molecule has 0 saturated heterocycles. The fourth-order valence-electron chi connectivity index (χ4n) is 5.93. The summed E-state index contributed by atoms with van der Waals surface area (Å²) in [6.45, 7) is 0.156. The van der Waals surface area contributed by atoms with Gasteiger partial charge in [0.15, 0.2) is 12.4 Å². The van der Waals surface area contributed by atoms with E-state index in [4.69, 9.17) is 14.0 Å². The standard InChI is InChI=1S/C22H25NO4/c1-25-18-4-2-17(3-5-18)20-9-19(27-23-20)13-26-21(24)22-10-14-6-15(11-22)8-16(7-14)12-22/h2-5,9,14-16H,6-8,10-13H2,1H3. The highest BCUT2D eigenvalue weighted by Gasteiger charge is 2.55. The van der Waals surface area contributed by atoms with Crippen LogP contribution in [-0.2, 0) is 16.1 Å². The minimum absolute atomic E-state index is 0.0241. The second-order valence-corrected chi connectivity index (χ2v) is 8.68. The molecule has 6 rings (SSSR count). The summed E-state index contributed by atoms with van der Waals surface area (Å²) < 4.78 is 16.3. The van der Waals surface area contributed by atoms with Crippen LogP contribution in [0.15, 0.2) is 34.9 Å². The highest BCUT2D eigenvalue weighted by atomic mass is 16.6. The van der Waals surface area contributed by atoms with Crippen LogP contribution in [0.4, 0.5) is 0 Å². The topological polar surface area (TPSA) is 61.6 Å². The third-order valence-corrected chi connectivity index (χ3v) is 6.76. The molecule has 0 radical (unpaired) electrons. The van der Waals surface area contributed by atoms with E-state index in [0.717, 1.165) is 54.0 Å². The molecule has 1 aromatic carbocycles. The Kier molecular flexibility index (Phi) is 3.99. The zero-order valence-corrected chi connectivity index (χ0v) is 15.6. The molecule has 0 amide bonds. The van der Waals surface area contributed by atoms with Gasteiger partial charge >= 0.3 is 5.97 Å². The van der Waals surface area contributed by atoms with Crippen LogP contribution in [0.3, 0.4) is 0 Å². The molecule has 4 aliphatic carbocycles. The number of ether oxygens (including phenoxy) is 2. The van der Waals surface area contributed by atoms with Crippen molar-refractivity contribution < 1.29 is 18.8 Å². The number of carbonyl (C=O) groups is 1. The number of rotatable bonds is 5. The Labute approximate surface area is 159 Å². The van der Waals surface area contributed by atoms with Gasteiger partial charge in [-0.2, -0.15) is 0 Å². The predicted molar refractivity (Wildman–Crippen MR) is 98.9 cm³/mol. The summed E-state index contributed by atoms with van der Waals surface area (Å²) in [6, 6.07) is 9.48. The molecule has 0 N–H and O–H groups in total. The number of nitrogens with zero attached hydrogens (tertiary/aromatic N) is 1. The lowest BCUT2D eigenvalue weighted by atomic mass is 9.49. The summed E-state index contributed by atoms with van der Waals surface area (Å²) in [4.78, 5) is 12.9. The van der Waals surface area contributed by atoms with Gasteiger partial charge in [-0.1, -0.05) is 5.16 Å². The lowest BCUT2D eigenvalue weighted by Crippen LogP contribution is -2.50. The van der Waals surface area contributed by atoms with E-state index in [9.17, 15) is 4.79 Å². The second-order valence-electron chi connectivity index (χ2n) is 8.68. The number of benzene rings is 1. The Balaban J connectivity index is 1.24. The first kappa shape index (κ1) is 16.8. The molecule has 5 heteroatoms. The Morgan fingerprint density at radius 2 is 1.74 bits per heavy atom. The number of carbonyl (C=O) groups excluding carboxylic acids is 1. The maximum absolute atomic E-state index is 12.9. The Morgan fingerprint density at radius 3 is 2.33 bits per heavy atom. The van der Waals surface area contributed by atoms with Crippen LogP contribution in [0.25, 0.3) is 11.3 Å². The third-order valence-electron chi connectivity index (χ3n) is 6.76. The molecule has 4 bridgehead atoms. The minimum atomic E-state index is -0.229. The second kappa shape index (κ2) is 6.39. The van der Waals surface area contributed by atoms with Crippen LogP contribution in [0.2, 0.25) is 0 Å². The largest absolute Gasteiger partial charge is 0.497 e. The summed E-state index contributed by atoms with van der Waals surface area (Å²) in [5.41, 5.74) is 1.45. The Hall–Kier alpha value is -2.30. The molecule has 4 fully saturated rings. The number of hydrogen-bond donors (Lipinski definition) is 0. The lowest BCUT2D eigenvalue weighted by Gasteiger charge is -2.55. The molecule has 1 aromatic heterocycles. The van der Waals surface area contributed by atoms with Gasteiger partial charge in [0.2, 0.25) is 0 Å². The first-order chi connectivity index (χ1) is 13.1. The molecule has 5 nitrogen and oxygen atoms in total. The highest BCUT2D eigenvalue weighted by Crippen LogP contribution is 2.60. The van der Waals surface area contributed by atoms with Crippen LogP contribution >= 0.6 is 0 Å². The molecule has 0 aliphatic heterocycles. The van der Waals surface area contributed by atoms with Crippen LogP contribution < -0.4 is 4.74 Å². The van der Waals surface area contributed by atoms with Crippen LogP contribution in [-0.4, -0.2) is 18.2 Å². The average molecular weight is 367 g/mol. The molecule has 2 aromatic rings. The SMILES string of the molecule is COc1ccc(-c2cc(COC(=O)C34CC5CC(CC(C5)C3)C4)on2)cc1. The summed E-state index contributed by atoms with van der Waals surface area (Å²) in [6.07, 6.45) is 7.02. The van der Waals surface area contributed by atoms with Gasteiger partial charge in [-0.25, -0.2) is 0 Å². The van der Waals surface area contributed by atoms with Crippen molar-refractivity contribution in [2.24, 2.45) is 23.2 Å². The van der Waals surface area contributed by atoms with E-state index in [1.54, 1.807) is 7.11 Å². The average Bonchev–Trinajstić information content (AvgIpc) is 3.14. The fourth-order valence-corrected chi connectivity index (χ4v) is 5.93. The van der Waals surface area contributed by atoms with Crippen LogP contribution in [0.1, 0.15) is 44.3 Å². The molecule has 1 heterocycles. The van der Waals surface area contributed by atoms with Crippen molar-refractivity contribution in [3.63, 3.8) is 0 Å². The van der Waals surface area contributed by atoms with Crippen molar-refractivity contribution in [2.45, 2.75) is 45.1 Å². The summed E-state index contributed by atoms with van der Waals surface area (Å²) >= 11 is 0.